The van der Waals surface area contributed by atoms with Crippen LogP contribution in [-0.4, -0.2) is 47.0 Å². The monoisotopic (exact) mass is 262 g/mol. The molecule has 0 aliphatic carbocycles. The Morgan fingerprint density at radius 2 is 2.16 bits per heavy atom. The highest BCUT2D eigenvalue weighted by atomic mass is 16.5. The van der Waals surface area contributed by atoms with E-state index in [0.717, 1.165) is 31.8 Å². The molecule has 2 aromatic rings. The van der Waals surface area contributed by atoms with Crippen molar-refractivity contribution in [1.82, 2.24) is 14.5 Å². The first-order valence-corrected chi connectivity index (χ1v) is 6.47. The van der Waals surface area contributed by atoms with Crippen molar-refractivity contribution in [2.75, 3.05) is 32.0 Å². The Hall–Kier alpha value is -1.79. The molecule has 6 nitrogen and oxygen atoms in total. The van der Waals surface area contributed by atoms with Crippen LogP contribution in [0.1, 0.15) is 6.92 Å². The van der Waals surface area contributed by atoms with Crippen molar-refractivity contribution in [3.63, 3.8) is 0 Å². The number of rotatable bonds is 3. The molecule has 2 N–H and O–H groups in total. The lowest BCUT2D eigenvalue weighted by Crippen LogP contribution is -2.44. The lowest BCUT2D eigenvalue weighted by atomic mass is 10.3. The quantitative estimate of drug-likeness (QED) is 0.893. The fourth-order valence-corrected chi connectivity index (χ4v) is 2.26. The largest absolute Gasteiger partial charge is 0.456 e. The van der Waals surface area contributed by atoms with Gasteiger partial charge in [-0.3, -0.25) is 4.90 Å². The molecule has 1 fully saturated rings. The second-order valence-electron chi connectivity index (χ2n) is 4.61. The number of nitrogen functional groups attached to an aromatic ring is 1. The third-order valence-electron chi connectivity index (χ3n) is 3.39. The summed E-state index contributed by atoms with van der Waals surface area (Å²) in [5, 5.41) is 4.36. The average molecular weight is 262 g/mol. The molecule has 1 atom stereocenters. The Morgan fingerprint density at radius 1 is 1.37 bits per heavy atom. The second kappa shape index (κ2) is 5.07. The lowest BCUT2D eigenvalue weighted by Gasteiger charge is -2.31. The average Bonchev–Trinajstić information content (AvgIpc) is 2.77. The van der Waals surface area contributed by atoms with Gasteiger partial charge in [0.15, 0.2) is 6.23 Å². The predicted molar refractivity (Wildman–Crippen MR) is 72.1 cm³/mol. The van der Waals surface area contributed by atoms with Gasteiger partial charge < -0.3 is 15.2 Å². The Balaban J connectivity index is 1.78. The van der Waals surface area contributed by atoms with Crippen LogP contribution in [0.2, 0.25) is 0 Å². The summed E-state index contributed by atoms with van der Waals surface area (Å²) >= 11 is 0. The number of pyridine rings is 1. The summed E-state index contributed by atoms with van der Waals surface area (Å²) < 4.78 is 12.9. The van der Waals surface area contributed by atoms with Crippen LogP contribution < -0.4 is 10.5 Å². The third kappa shape index (κ3) is 2.36. The number of nitrogens with zero attached hydrogens (tertiary/aromatic N) is 3. The molecule has 1 aliphatic heterocycles. The van der Waals surface area contributed by atoms with Crippen molar-refractivity contribution in [3.05, 3.63) is 24.4 Å². The molecule has 0 spiro atoms. The van der Waals surface area contributed by atoms with Crippen LogP contribution in [0.3, 0.4) is 0 Å². The van der Waals surface area contributed by atoms with Gasteiger partial charge in [-0.05, 0) is 19.1 Å². The summed E-state index contributed by atoms with van der Waals surface area (Å²) in [6.07, 6.45) is 1.80. The molecule has 1 saturated heterocycles. The first-order valence-electron chi connectivity index (χ1n) is 6.47. The summed E-state index contributed by atoms with van der Waals surface area (Å²) in [6.45, 7) is 5.24. The predicted octanol–water partition coefficient (Wildman–Crippen LogP) is 0.973. The number of nitrogens with two attached hydrogens (primary N) is 1. The first kappa shape index (κ1) is 12.3. The summed E-state index contributed by atoms with van der Waals surface area (Å²) in [5.41, 5.74) is 7.52. The van der Waals surface area contributed by atoms with Crippen LogP contribution in [-0.2, 0) is 4.74 Å². The van der Waals surface area contributed by atoms with E-state index in [4.69, 9.17) is 15.2 Å². The van der Waals surface area contributed by atoms with Gasteiger partial charge in [-0.1, -0.05) is 6.07 Å². The second-order valence-corrected chi connectivity index (χ2v) is 4.61. The van der Waals surface area contributed by atoms with Gasteiger partial charge in [0.25, 0.3) is 5.88 Å². The van der Waals surface area contributed by atoms with Gasteiger partial charge in [0.05, 0.1) is 18.7 Å². The normalized spacial score (nSPS) is 18.6. The molecular weight excluding hydrogens is 244 g/mol. The number of anilines is 1. The molecule has 2 aromatic heterocycles. The third-order valence-corrected chi connectivity index (χ3v) is 3.39. The SMILES string of the molecule is CC(Oc1nn2ccccc2c1N)N1CCOCC1. The van der Waals surface area contributed by atoms with Gasteiger partial charge in [0.1, 0.15) is 5.69 Å². The van der Waals surface area contributed by atoms with Crippen LogP contribution in [0.4, 0.5) is 5.69 Å². The highest BCUT2D eigenvalue weighted by Crippen LogP contribution is 2.26. The molecular formula is C13H18N4O2. The highest BCUT2D eigenvalue weighted by Gasteiger charge is 2.20. The number of hydrogen-bond donors (Lipinski definition) is 1. The van der Waals surface area contributed by atoms with Gasteiger partial charge in [-0.15, -0.1) is 5.10 Å². The van der Waals surface area contributed by atoms with Crippen molar-refractivity contribution in [1.29, 1.82) is 0 Å². The van der Waals surface area contributed by atoms with Gasteiger partial charge in [-0.2, -0.15) is 0 Å². The van der Waals surface area contributed by atoms with E-state index in [9.17, 15) is 0 Å². The van der Waals surface area contributed by atoms with Crippen molar-refractivity contribution < 1.29 is 9.47 Å². The molecule has 3 heterocycles. The first-order chi connectivity index (χ1) is 9.25. The molecule has 19 heavy (non-hydrogen) atoms. The smallest absolute Gasteiger partial charge is 0.258 e. The van der Waals surface area contributed by atoms with E-state index >= 15 is 0 Å². The van der Waals surface area contributed by atoms with Crippen molar-refractivity contribution in [2.24, 2.45) is 0 Å². The number of fused-ring (bicyclic) bond motifs is 1. The molecule has 1 unspecified atom stereocenters. The summed E-state index contributed by atoms with van der Waals surface area (Å²) in [4.78, 5) is 2.22. The van der Waals surface area contributed by atoms with Crippen LogP contribution in [0.5, 0.6) is 5.88 Å². The van der Waals surface area contributed by atoms with Crippen LogP contribution in [0.15, 0.2) is 24.4 Å². The Kier molecular flexibility index (Phi) is 3.27. The topological polar surface area (TPSA) is 65.0 Å². The molecule has 0 aromatic carbocycles. The Bertz CT molecular complexity index is 563. The molecule has 0 bridgehead atoms. The molecule has 0 amide bonds. The lowest BCUT2D eigenvalue weighted by molar-refractivity contribution is -0.0386. The Labute approximate surface area is 111 Å². The van der Waals surface area contributed by atoms with Crippen molar-refractivity contribution in [2.45, 2.75) is 13.2 Å². The fraction of sp³-hybridized carbons (Fsp3) is 0.462. The van der Waals surface area contributed by atoms with E-state index in [1.165, 1.54) is 0 Å². The van der Waals surface area contributed by atoms with Gasteiger partial charge >= 0.3 is 0 Å². The van der Waals surface area contributed by atoms with Gasteiger partial charge in [0.2, 0.25) is 0 Å². The fourth-order valence-electron chi connectivity index (χ4n) is 2.26. The number of ether oxygens (including phenoxy) is 2. The zero-order valence-corrected chi connectivity index (χ0v) is 11.0. The van der Waals surface area contributed by atoms with Crippen LogP contribution in [0, 0.1) is 0 Å². The van der Waals surface area contributed by atoms with Crippen LogP contribution >= 0.6 is 0 Å². The number of morpholine rings is 1. The standard InChI is InChI=1S/C13H18N4O2/c1-10(16-6-8-18-9-7-16)19-13-12(14)11-4-2-3-5-17(11)15-13/h2-5,10H,6-9,14H2,1H3. The molecule has 3 rings (SSSR count). The maximum absolute atomic E-state index is 6.07. The maximum atomic E-state index is 6.07. The summed E-state index contributed by atoms with van der Waals surface area (Å²) in [5.74, 6) is 0.491. The maximum Gasteiger partial charge on any atom is 0.258 e. The van der Waals surface area contributed by atoms with Crippen molar-refractivity contribution in [3.8, 4) is 5.88 Å². The molecule has 6 heteroatoms. The minimum Gasteiger partial charge on any atom is -0.456 e. The Morgan fingerprint density at radius 3 is 2.89 bits per heavy atom. The molecule has 0 saturated carbocycles. The molecule has 102 valence electrons. The number of aromatic nitrogens is 2. The summed E-state index contributed by atoms with van der Waals surface area (Å²) in [7, 11) is 0. The highest BCUT2D eigenvalue weighted by molar-refractivity contribution is 5.74. The minimum absolute atomic E-state index is 0.0592. The molecule has 1 aliphatic rings. The van der Waals surface area contributed by atoms with E-state index in [-0.39, 0.29) is 6.23 Å². The van der Waals surface area contributed by atoms with E-state index < -0.39 is 0 Å². The van der Waals surface area contributed by atoms with E-state index in [1.807, 2.05) is 31.3 Å². The zero-order chi connectivity index (χ0) is 13.2. The van der Waals surface area contributed by atoms with E-state index in [2.05, 4.69) is 10.00 Å². The van der Waals surface area contributed by atoms with Gasteiger partial charge in [-0.25, -0.2) is 4.52 Å². The number of hydrogen-bond acceptors (Lipinski definition) is 5. The van der Waals surface area contributed by atoms with Gasteiger partial charge in [0, 0.05) is 19.3 Å². The van der Waals surface area contributed by atoms with Crippen LogP contribution in [0.25, 0.3) is 5.52 Å². The minimum atomic E-state index is -0.0592. The van der Waals surface area contributed by atoms with Crippen molar-refractivity contribution >= 4 is 11.2 Å². The van der Waals surface area contributed by atoms with E-state index in [0.29, 0.717) is 11.6 Å². The summed E-state index contributed by atoms with van der Waals surface area (Å²) in [6, 6.07) is 5.77. The molecule has 0 radical (unpaired) electrons. The van der Waals surface area contributed by atoms with E-state index in [1.54, 1.807) is 4.52 Å². The zero-order valence-electron chi connectivity index (χ0n) is 11.0.